The number of nitrogens with one attached hydrogen (secondary N) is 1. The quantitative estimate of drug-likeness (QED) is 0.887. The van der Waals surface area contributed by atoms with Crippen molar-refractivity contribution < 1.29 is 4.74 Å². The van der Waals surface area contributed by atoms with Gasteiger partial charge in [0.15, 0.2) is 0 Å². The molecule has 17 heavy (non-hydrogen) atoms. The molecule has 1 N–H and O–H groups in total. The van der Waals surface area contributed by atoms with Gasteiger partial charge in [0.05, 0.1) is 29.3 Å². The van der Waals surface area contributed by atoms with E-state index >= 15 is 0 Å². The maximum Gasteiger partial charge on any atom is 0.138 e. The van der Waals surface area contributed by atoms with E-state index < -0.39 is 0 Å². The molecule has 0 fully saturated rings. The second-order valence-electron chi connectivity index (χ2n) is 3.42. The Labute approximate surface area is 104 Å². The average molecular weight is 248 g/mol. The molecule has 4 nitrogen and oxygen atoms in total. The van der Waals surface area contributed by atoms with E-state index in [2.05, 4.69) is 16.4 Å². The number of methoxy groups -OCH3 is 1. The van der Waals surface area contributed by atoms with Crippen molar-refractivity contribution >= 4 is 28.3 Å². The summed E-state index contributed by atoms with van der Waals surface area (Å²) >= 11 is 6.03. The molecule has 0 atom stereocenters. The summed E-state index contributed by atoms with van der Waals surface area (Å²) in [5, 5.41) is 13.2. The van der Waals surface area contributed by atoms with E-state index in [-0.39, 0.29) is 0 Å². The molecule has 0 aliphatic heterocycles. The van der Waals surface area contributed by atoms with Gasteiger partial charge in [-0.15, -0.1) is 0 Å². The third-order valence-corrected chi connectivity index (χ3v) is 2.75. The Kier molecular flexibility index (Phi) is 3.03. The van der Waals surface area contributed by atoms with Crippen LogP contribution in [-0.2, 0) is 0 Å². The molecule has 2 rings (SSSR count). The van der Waals surface area contributed by atoms with E-state index in [1.54, 1.807) is 25.2 Å². The van der Waals surface area contributed by atoms with Crippen molar-refractivity contribution in [2.75, 3.05) is 19.5 Å². The lowest BCUT2D eigenvalue weighted by Crippen LogP contribution is -1.95. The highest BCUT2D eigenvalue weighted by Crippen LogP contribution is 2.31. The van der Waals surface area contributed by atoms with Gasteiger partial charge in [-0.05, 0) is 18.2 Å². The highest BCUT2D eigenvalue weighted by atomic mass is 35.5. The van der Waals surface area contributed by atoms with Gasteiger partial charge >= 0.3 is 0 Å². The van der Waals surface area contributed by atoms with Crippen molar-refractivity contribution in [1.82, 2.24) is 4.98 Å². The molecule has 0 aliphatic rings. The third kappa shape index (κ3) is 1.97. The SMILES string of the molecule is CNc1cc(C#N)c2cc(OC)c(Cl)cc2n1. The molecule has 0 radical (unpaired) electrons. The average Bonchev–Trinajstić information content (AvgIpc) is 2.36. The number of fused-ring (bicyclic) bond motifs is 1. The molecule has 0 bridgehead atoms. The van der Waals surface area contributed by atoms with Crippen molar-refractivity contribution in [3.8, 4) is 11.8 Å². The summed E-state index contributed by atoms with van der Waals surface area (Å²) in [7, 11) is 3.29. The molecule has 5 heteroatoms. The molecule has 1 aromatic heterocycles. The predicted octanol–water partition coefficient (Wildman–Crippen LogP) is 2.81. The van der Waals surface area contributed by atoms with Crippen molar-refractivity contribution in [2.45, 2.75) is 0 Å². The third-order valence-electron chi connectivity index (χ3n) is 2.46. The predicted molar refractivity (Wildman–Crippen MR) is 67.6 cm³/mol. The lowest BCUT2D eigenvalue weighted by atomic mass is 10.1. The number of hydrogen-bond acceptors (Lipinski definition) is 4. The van der Waals surface area contributed by atoms with Gasteiger partial charge in [0, 0.05) is 12.4 Å². The Hall–Kier alpha value is -1.99. The van der Waals surface area contributed by atoms with Crippen LogP contribution < -0.4 is 10.1 Å². The largest absolute Gasteiger partial charge is 0.495 e. The van der Waals surface area contributed by atoms with Gasteiger partial charge in [-0.25, -0.2) is 4.98 Å². The number of hydrogen-bond donors (Lipinski definition) is 1. The van der Waals surface area contributed by atoms with E-state index in [1.165, 1.54) is 7.11 Å². The first-order valence-electron chi connectivity index (χ1n) is 4.95. The van der Waals surface area contributed by atoms with Crippen LogP contribution in [0.4, 0.5) is 5.82 Å². The summed E-state index contributed by atoms with van der Waals surface area (Å²) in [6.07, 6.45) is 0. The fourth-order valence-electron chi connectivity index (χ4n) is 1.60. The standard InChI is InChI=1S/C12H10ClN3O/c1-15-12-3-7(6-14)8-4-11(17-2)9(13)5-10(8)16-12/h3-5H,1-2H3,(H,15,16). The smallest absolute Gasteiger partial charge is 0.138 e. The first-order valence-corrected chi connectivity index (χ1v) is 5.33. The van der Waals surface area contributed by atoms with Crippen molar-refractivity contribution in [2.24, 2.45) is 0 Å². The summed E-state index contributed by atoms with van der Waals surface area (Å²) in [4.78, 5) is 4.34. The van der Waals surface area contributed by atoms with Crippen LogP contribution in [0.25, 0.3) is 10.9 Å². The number of benzene rings is 1. The van der Waals surface area contributed by atoms with Crippen LogP contribution in [0.15, 0.2) is 18.2 Å². The lowest BCUT2D eigenvalue weighted by Gasteiger charge is -2.08. The van der Waals surface area contributed by atoms with Crippen molar-refractivity contribution in [3.63, 3.8) is 0 Å². The Morgan fingerprint density at radius 3 is 2.76 bits per heavy atom. The van der Waals surface area contributed by atoms with Crippen LogP contribution in [0, 0.1) is 11.3 Å². The number of pyridine rings is 1. The minimum absolute atomic E-state index is 0.477. The second-order valence-corrected chi connectivity index (χ2v) is 3.83. The Balaban J connectivity index is 2.81. The van der Waals surface area contributed by atoms with Crippen LogP contribution in [0.3, 0.4) is 0 Å². The first-order chi connectivity index (χ1) is 8.19. The molecule has 0 saturated heterocycles. The van der Waals surface area contributed by atoms with Crippen molar-refractivity contribution in [1.29, 1.82) is 5.26 Å². The van der Waals surface area contributed by atoms with Crippen molar-refractivity contribution in [3.05, 3.63) is 28.8 Å². The zero-order valence-corrected chi connectivity index (χ0v) is 10.2. The van der Waals surface area contributed by atoms with Gasteiger partial charge in [0.1, 0.15) is 11.6 Å². The number of anilines is 1. The summed E-state index contributed by atoms with van der Waals surface area (Å²) in [5.74, 6) is 1.17. The van der Waals surface area contributed by atoms with Gasteiger partial charge < -0.3 is 10.1 Å². The van der Waals surface area contributed by atoms with E-state index in [0.717, 1.165) is 5.39 Å². The normalized spacial score (nSPS) is 10.0. The van der Waals surface area contributed by atoms with Crippen LogP contribution in [0.5, 0.6) is 5.75 Å². The fraction of sp³-hybridized carbons (Fsp3) is 0.167. The molecule has 1 heterocycles. The Morgan fingerprint density at radius 2 is 2.18 bits per heavy atom. The summed E-state index contributed by atoms with van der Waals surface area (Å²) in [6, 6.07) is 7.24. The number of rotatable bonds is 2. The van der Waals surface area contributed by atoms with Gasteiger partial charge in [0.2, 0.25) is 0 Å². The highest BCUT2D eigenvalue weighted by molar-refractivity contribution is 6.32. The molecule has 0 spiro atoms. The minimum atomic E-state index is 0.477. The molecule has 0 aliphatic carbocycles. The monoisotopic (exact) mass is 247 g/mol. The molecular weight excluding hydrogens is 238 g/mol. The molecular formula is C12H10ClN3O. The number of nitrogens with zero attached hydrogens (tertiary/aromatic N) is 2. The number of halogens is 1. The topological polar surface area (TPSA) is 57.9 Å². The first kappa shape index (κ1) is 11.5. The molecule has 86 valence electrons. The number of ether oxygens (including phenoxy) is 1. The minimum Gasteiger partial charge on any atom is -0.495 e. The maximum absolute atomic E-state index is 9.11. The lowest BCUT2D eigenvalue weighted by molar-refractivity contribution is 0.415. The van der Waals surface area contributed by atoms with E-state index in [4.69, 9.17) is 21.6 Å². The fourth-order valence-corrected chi connectivity index (χ4v) is 1.84. The van der Waals surface area contributed by atoms with Gasteiger partial charge in [0.25, 0.3) is 0 Å². The Morgan fingerprint density at radius 1 is 1.41 bits per heavy atom. The second kappa shape index (κ2) is 4.48. The maximum atomic E-state index is 9.11. The van der Waals surface area contributed by atoms with Crippen LogP contribution in [-0.4, -0.2) is 19.1 Å². The summed E-state index contributed by atoms with van der Waals surface area (Å²) in [6.45, 7) is 0. The molecule has 1 aromatic carbocycles. The van der Waals surface area contributed by atoms with Crippen LogP contribution in [0.1, 0.15) is 5.56 Å². The van der Waals surface area contributed by atoms with E-state index in [1.807, 2.05) is 0 Å². The van der Waals surface area contributed by atoms with Gasteiger partial charge in [-0.2, -0.15) is 5.26 Å². The Bertz CT molecular complexity index is 619. The van der Waals surface area contributed by atoms with Crippen LogP contribution in [0.2, 0.25) is 5.02 Å². The zero-order chi connectivity index (χ0) is 12.4. The molecule has 2 aromatic rings. The number of nitriles is 1. The van der Waals surface area contributed by atoms with Gasteiger partial charge in [-0.1, -0.05) is 11.6 Å². The number of aromatic nitrogens is 1. The highest BCUT2D eigenvalue weighted by Gasteiger charge is 2.09. The molecule has 0 unspecified atom stereocenters. The zero-order valence-electron chi connectivity index (χ0n) is 9.41. The van der Waals surface area contributed by atoms with Gasteiger partial charge in [-0.3, -0.25) is 0 Å². The van der Waals surface area contributed by atoms with E-state index in [0.29, 0.717) is 27.7 Å². The summed E-state index contributed by atoms with van der Waals surface area (Å²) in [5.41, 5.74) is 1.20. The summed E-state index contributed by atoms with van der Waals surface area (Å²) < 4.78 is 5.12. The molecule has 0 saturated carbocycles. The van der Waals surface area contributed by atoms with Crippen LogP contribution >= 0.6 is 11.6 Å². The molecule has 0 amide bonds. The van der Waals surface area contributed by atoms with E-state index in [9.17, 15) is 0 Å².